The predicted octanol–water partition coefficient (Wildman–Crippen LogP) is 3.97. The molecule has 144 valence electrons. The Bertz CT molecular complexity index is 964. The van der Waals surface area contributed by atoms with Crippen LogP contribution in [0.2, 0.25) is 0 Å². The van der Waals surface area contributed by atoms with Crippen molar-refractivity contribution in [2.45, 2.75) is 18.6 Å². The van der Waals surface area contributed by atoms with Gasteiger partial charge in [0.25, 0.3) is 0 Å². The number of ether oxygens (including phenoxy) is 1. The van der Waals surface area contributed by atoms with E-state index in [2.05, 4.69) is 9.88 Å². The third kappa shape index (κ3) is 3.25. The quantitative estimate of drug-likeness (QED) is 0.727. The van der Waals surface area contributed by atoms with E-state index < -0.39 is 0 Å². The van der Waals surface area contributed by atoms with Gasteiger partial charge in [0.15, 0.2) is 0 Å². The van der Waals surface area contributed by atoms with E-state index in [0.717, 1.165) is 16.7 Å². The lowest BCUT2D eigenvalue weighted by Crippen LogP contribution is -2.32. The summed E-state index contributed by atoms with van der Waals surface area (Å²) in [6, 6.07) is 13.1. The average Bonchev–Trinajstić information content (AvgIpc) is 3.09. The van der Waals surface area contributed by atoms with Crippen LogP contribution in [0.3, 0.4) is 0 Å². The zero-order chi connectivity index (χ0) is 19.7. The first-order valence-corrected chi connectivity index (χ1v) is 9.10. The number of benzene rings is 2. The van der Waals surface area contributed by atoms with Crippen LogP contribution in [0.15, 0.2) is 60.9 Å². The third-order valence-corrected chi connectivity index (χ3v) is 5.30. The zero-order valence-electron chi connectivity index (χ0n) is 15.5. The Morgan fingerprint density at radius 3 is 2.43 bits per heavy atom. The van der Waals surface area contributed by atoms with Crippen LogP contribution < -0.4 is 10.5 Å². The number of nitrogens with two attached hydrogens (primary N) is 1. The van der Waals surface area contributed by atoms with Gasteiger partial charge in [-0.3, -0.25) is 9.88 Å². The molecule has 2 heterocycles. The molecule has 2 N–H and O–H groups in total. The van der Waals surface area contributed by atoms with Crippen molar-refractivity contribution in [2.24, 2.45) is 5.73 Å². The van der Waals surface area contributed by atoms with E-state index in [1.807, 2.05) is 18.2 Å². The Kier molecular flexibility index (Phi) is 5.07. The van der Waals surface area contributed by atoms with Crippen molar-refractivity contribution in [3.05, 3.63) is 94.8 Å². The Balaban J connectivity index is 1.82. The fraction of sp³-hybridized carbons (Fsp3) is 0.227. The number of aromatic nitrogens is 1. The summed E-state index contributed by atoms with van der Waals surface area (Å²) in [5.74, 6) is -0.130. The number of methoxy groups -OCH3 is 1. The predicted molar refractivity (Wildman–Crippen MR) is 103 cm³/mol. The lowest BCUT2D eigenvalue weighted by molar-refractivity contribution is 0.173. The van der Waals surface area contributed by atoms with Crippen molar-refractivity contribution in [2.75, 3.05) is 13.7 Å². The Labute approximate surface area is 162 Å². The van der Waals surface area contributed by atoms with Crippen LogP contribution in [0, 0.1) is 11.6 Å². The number of pyridine rings is 1. The summed E-state index contributed by atoms with van der Waals surface area (Å²) >= 11 is 0. The van der Waals surface area contributed by atoms with Crippen LogP contribution in [0.4, 0.5) is 8.78 Å². The topological polar surface area (TPSA) is 51.4 Å². The molecule has 28 heavy (non-hydrogen) atoms. The molecular formula is C22H21F2N3O. The van der Waals surface area contributed by atoms with Crippen LogP contribution in [0.1, 0.15) is 34.3 Å². The van der Waals surface area contributed by atoms with Gasteiger partial charge in [-0.1, -0.05) is 12.1 Å². The minimum absolute atomic E-state index is 0.192. The summed E-state index contributed by atoms with van der Waals surface area (Å²) in [5.41, 5.74) is 9.47. The number of nitrogens with zero attached hydrogens (tertiary/aromatic N) is 2. The van der Waals surface area contributed by atoms with E-state index in [1.54, 1.807) is 24.5 Å². The minimum atomic E-state index is -0.303. The highest BCUT2D eigenvalue weighted by molar-refractivity contribution is 5.44. The van der Waals surface area contributed by atoms with Crippen LogP contribution in [-0.4, -0.2) is 23.5 Å². The molecule has 0 amide bonds. The normalized spacial score (nSPS) is 17.4. The number of fused-ring (bicyclic) bond motifs is 1. The van der Waals surface area contributed by atoms with E-state index in [1.165, 1.54) is 25.3 Å². The van der Waals surface area contributed by atoms with Crippen molar-refractivity contribution < 1.29 is 13.5 Å². The molecule has 0 aliphatic carbocycles. The Hall–Kier alpha value is -2.83. The highest BCUT2D eigenvalue weighted by Crippen LogP contribution is 2.44. The van der Waals surface area contributed by atoms with E-state index in [0.29, 0.717) is 24.4 Å². The highest BCUT2D eigenvalue weighted by atomic mass is 19.1. The maximum absolute atomic E-state index is 14.7. The smallest absolute Gasteiger partial charge is 0.131 e. The molecule has 0 bridgehead atoms. The average molecular weight is 381 g/mol. The van der Waals surface area contributed by atoms with Gasteiger partial charge in [0, 0.05) is 43.2 Å². The van der Waals surface area contributed by atoms with Gasteiger partial charge in [0.1, 0.15) is 17.4 Å². The highest BCUT2D eigenvalue weighted by Gasteiger charge is 2.37. The molecule has 0 fully saturated rings. The first kappa shape index (κ1) is 18.5. The molecule has 0 radical (unpaired) electrons. The molecule has 4 nitrogen and oxygen atoms in total. The van der Waals surface area contributed by atoms with Gasteiger partial charge in [-0.05, 0) is 47.0 Å². The molecule has 2 atom stereocenters. The maximum atomic E-state index is 14.7. The maximum Gasteiger partial charge on any atom is 0.131 e. The summed E-state index contributed by atoms with van der Waals surface area (Å²) in [7, 11) is 1.52. The van der Waals surface area contributed by atoms with Gasteiger partial charge >= 0.3 is 0 Å². The van der Waals surface area contributed by atoms with Crippen LogP contribution in [0.5, 0.6) is 5.75 Å². The minimum Gasteiger partial charge on any atom is -0.497 e. The van der Waals surface area contributed by atoms with Gasteiger partial charge in [-0.25, -0.2) is 8.78 Å². The summed E-state index contributed by atoms with van der Waals surface area (Å²) in [6.45, 7) is 0.722. The summed E-state index contributed by atoms with van der Waals surface area (Å²) in [6.07, 6.45) is 3.44. The fourth-order valence-corrected chi connectivity index (χ4v) is 3.99. The molecule has 1 aliphatic rings. The van der Waals surface area contributed by atoms with Gasteiger partial charge in [0.2, 0.25) is 0 Å². The van der Waals surface area contributed by atoms with Crippen LogP contribution >= 0.6 is 0 Å². The fourth-order valence-electron chi connectivity index (χ4n) is 3.99. The van der Waals surface area contributed by atoms with Crippen LogP contribution in [0.25, 0.3) is 0 Å². The molecule has 3 aromatic rings. The van der Waals surface area contributed by atoms with Crippen molar-refractivity contribution in [1.82, 2.24) is 9.88 Å². The molecular weight excluding hydrogens is 360 g/mol. The van der Waals surface area contributed by atoms with Crippen molar-refractivity contribution in [3.63, 3.8) is 0 Å². The monoisotopic (exact) mass is 381 g/mol. The van der Waals surface area contributed by atoms with Crippen LogP contribution in [-0.2, 0) is 6.54 Å². The standard InChI is InChI=1S/C22H21F2N3O/c1-28-17-10-18-19(20(24)11-17)13-27(21(18)12-25)22(15-6-8-26-9-7-15)14-2-4-16(23)5-3-14/h2-11,21-22H,12-13,25H2,1H3. The summed E-state index contributed by atoms with van der Waals surface area (Å²) in [5, 5.41) is 0. The number of rotatable bonds is 5. The number of halogens is 2. The van der Waals surface area contributed by atoms with E-state index in [-0.39, 0.29) is 23.7 Å². The van der Waals surface area contributed by atoms with Gasteiger partial charge in [-0.2, -0.15) is 0 Å². The molecule has 6 heteroatoms. The van der Waals surface area contributed by atoms with E-state index in [9.17, 15) is 8.78 Å². The van der Waals surface area contributed by atoms with Gasteiger partial charge < -0.3 is 10.5 Å². The van der Waals surface area contributed by atoms with Crippen molar-refractivity contribution in [3.8, 4) is 5.75 Å². The number of hydrogen-bond acceptors (Lipinski definition) is 4. The lowest BCUT2D eigenvalue weighted by atomic mass is 9.96. The van der Waals surface area contributed by atoms with E-state index >= 15 is 0 Å². The first-order chi connectivity index (χ1) is 13.6. The summed E-state index contributed by atoms with van der Waals surface area (Å²) in [4.78, 5) is 6.25. The Morgan fingerprint density at radius 1 is 1.11 bits per heavy atom. The second kappa shape index (κ2) is 7.66. The third-order valence-electron chi connectivity index (χ3n) is 5.30. The first-order valence-electron chi connectivity index (χ1n) is 9.10. The number of hydrogen-bond donors (Lipinski definition) is 1. The zero-order valence-corrected chi connectivity index (χ0v) is 15.5. The Morgan fingerprint density at radius 2 is 1.79 bits per heavy atom. The van der Waals surface area contributed by atoms with Crippen molar-refractivity contribution in [1.29, 1.82) is 0 Å². The second-order valence-electron chi connectivity index (χ2n) is 6.84. The van der Waals surface area contributed by atoms with Gasteiger partial charge in [0.05, 0.1) is 13.2 Å². The second-order valence-corrected chi connectivity index (χ2v) is 6.84. The molecule has 2 unspecified atom stereocenters. The molecule has 2 aromatic carbocycles. The molecule has 1 aliphatic heterocycles. The lowest BCUT2D eigenvalue weighted by Gasteiger charge is -2.33. The molecule has 0 saturated carbocycles. The SMILES string of the molecule is COc1cc(F)c2c(c1)C(CN)N(C(c1ccncc1)c1ccc(F)cc1)C2. The molecule has 1 aromatic heterocycles. The van der Waals surface area contributed by atoms with Crippen molar-refractivity contribution >= 4 is 0 Å². The van der Waals surface area contributed by atoms with Gasteiger partial charge in [-0.15, -0.1) is 0 Å². The van der Waals surface area contributed by atoms with E-state index in [4.69, 9.17) is 10.5 Å². The molecule has 0 saturated heterocycles. The molecule has 4 rings (SSSR count). The largest absolute Gasteiger partial charge is 0.497 e. The molecule has 0 spiro atoms. The summed E-state index contributed by atoms with van der Waals surface area (Å²) < 4.78 is 33.5.